The first-order valence-electron chi connectivity index (χ1n) is 11.9. The Hall–Kier alpha value is -3.83. The molecule has 0 spiro atoms. The van der Waals surface area contributed by atoms with Crippen LogP contribution in [0.3, 0.4) is 0 Å². The third kappa shape index (κ3) is 6.93. The monoisotopic (exact) mass is 531 g/mol. The number of morpholine rings is 1. The summed E-state index contributed by atoms with van der Waals surface area (Å²) in [5.41, 5.74) is 1.04. The van der Waals surface area contributed by atoms with Gasteiger partial charge in [0, 0.05) is 36.8 Å². The van der Waals surface area contributed by atoms with Crippen LogP contribution in [0.15, 0.2) is 60.8 Å². The summed E-state index contributed by atoms with van der Waals surface area (Å²) in [5, 5.41) is 2.47. The smallest absolute Gasteiger partial charge is 0.404 e. The zero-order chi connectivity index (χ0) is 27.3. The third-order valence-electron chi connectivity index (χ3n) is 6.10. The maximum absolute atomic E-state index is 14.0. The van der Waals surface area contributed by atoms with Gasteiger partial charge in [0.05, 0.1) is 30.6 Å². The van der Waals surface area contributed by atoms with Crippen LogP contribution in [0.1, 0.15) is 22.8 Å². The number of hydrogen-bond acceptors (Lipinski definition) is 6. The van der Waals surface area contributed by atoms with Gasteiger partial charge >= 0.3 is 6.36 Å². The summed E-state index contributed by atoms with van der Waals surface area (Å²) >= 11 is 0. The van der Waals surface area contributed by atoms with Crippen molar-refractivity contribution >= 4 is 17.4 Å². The van der Waals surface area contributed by atoms with E-state index in [0.717, 1.165) is 12.1 Å². The second-order valence-electron chi connectivity index (χ2n) is 8.70. The van der Waals surface area contributed by atoms with E-state index in [-0.39, 0.29) is 17.7 Å². The lowest BCUT2D eigenvalue weighted by Crippen LogP contribution is -2.47. The highest BCUT2D eigenvalue weighted by molar-refractivity contribution is 6.01. The molecule has 0 bridgehead atoms. The van der Waals surface area contributed by atoms with Crippen LogP contribution in [0.5, 0.6) is 5.75 Å². The Balaban J connectivity index is 1.51. The van der Waals surface area contributed by atoms with E-state index in [1.165, 1.54) is 18.3 Å². The Bertz CT molecular complexity index is 1290. The molecule has 0 unspecified atom stereocenters. The molecule has 4 rings (SSSR count). The van der Waals surface area contributed by atoms with E-state index in [1.807, 2.05) is 4.90 Å². The summed E-state index contributed by atoms with van der Waals surface area (Å²) in [4.78, 5) is 31.8. The Labute approximate surface area is 216 Å². The Morgan fingerprint density at radius 1 is 1.11 bits per heavy atom. The van der Waals surface area contributed by atoms with Crippen LogP contribution < -0.4 is 10.1 Å². The molecule has 7 nitrogen and oxygen atoms in total. The zero-order valence-corrected chi connectivity index (χ0v) is 20.4. The standard InChI is InChI=1S/C27H25F4N3O4/c1-17(34-10-12-37-13-11-34)26(36)33-23-15-19(7-9-25(23)38-27(29,30)31)24(35)14-18-6-8-22(32-16-18)20-4-2-3-5-21(20)28/h2-9,15-17H,10-14H2,1H3,(H,33,36)/t17-/m0/s1. The van der Waals surface area contributed by atoms with Crippen LogP contribution >= 0.6 is 0 Å². The van der Waals surface area contributed by atoms with Crippen LogP contribution in [0.2, 0.25) is 0 Å². The van der Waals surface area contributed by atoms with E-state index in [9.17, 15) is 27.2 Å². The van der Waals surface area contributed by atoms with Gasteiger partial charge in [0.25, 0.3) is 0 Å². The van der Waals surface area contributed by atoms with Crippen LogP contribution in [0.25, 0.3) is 11.3 Å². The van der Waals surface area contributed by atoms with Crippen LogP contribution in [-0.2, 0) is 16.0 Å². The number of hydrogen-bond donors (Lipinski definition) is 1. The number of nitrogens with one attached hydrogen (secondary N) is 1. The molecule has 11 heteroatoms. The number of rotatable bonds is 8. The molecule has 0 radical (unpaired) electrons. The van der Waals surface area contributed by atoms with E-state index in [2.05, 4.69) is 15.0 Å². The molecule has 1 aromatic heterocycles. The summed E-state index contributed by atoms with van der Waals surface area (Å²) in [6.07, 6.45) is -3.67. The predicted molar refractivity (Wildman–Crippen MR) is 131 cm³/mol. The number of carbonyl (C=O) groups excluding carboxylic acids is 2. The lowest BCUT2D eigenvalue weighted by atomic mass is 10.0. The molecule has 1 N–H and O–H groups in total. The first kappa shape index (κ1) is 27.2. The SMILES string of the molecule is C[C@@H](C(=O)Nc1cc(C(=O)Cc2ccc(-c3ccccc3F)nc2)ccc1OC(F)(F)F)N1CCOCC1. The number of benzene rings is 2. The largest absolute Gasteiger partial charge is 0.573 e. The van der Waals surface area contributed by atoms with Crippen molar-refractivity contribution in [1.29, 1.82) is 0 Å². The van der Waals surface area contributed by atoms with Crippen LogP contribution in [0, 0.1) is 5.82 Å². The topological polar surface area (TPSA) is 80.8 Å². The Morgan fingerprint density at radius 3 is 2.50 bits per heavy atom. The van der Waals surface area contributed by atoms with Gasteiger partial charge < -0.3 is 14.8 Å². The second kappa shape index (κ2) is 11.7. The van der Waals surface area contributed by atoms with Gasteiger partial charge in [0.15, 0.2) is 11.5 Å². The fraction of sp³-hybridized carbons (Fsp3) is 0.296. The summed E-state index contributed by atoms with van der Waals surface area (Å²) in [6, 6.07) is 12.1. The van der Waals surface area contributed by atoms with Crippen molar-refractivity contribution < 1.29 is 36.6 Å². The number of ether oxygens (including phenoxy) is 2. The van der Waals surface area contributed by atoms with Crippen molar-refractivity contribution in [2.45, 2.75) is 25.7 Å². The lowest BCUT2D eigenvalue weighted by Gasteiger charge is -2.31. The average Bonchev–Trinajstić information content (AvgIpc) is 2.89. The van der Waals surface area contributed by atoms with Gasteiger partial charge in [-0.2, -0.15) is 0 Å². The first-order chi connectivity index (χ1) is 18.1. The number of ketones is 1. The van der Waals surface area contributed by atoms with Gasteiger partial charge in [-0.15, -0.1) is 13.2 Å². The second-order valence-corrected chi connectivity index (χ2v) is 8.70. The van der Waals surface area contributed by atoms with Gasteiger partial charge in [0.1, 0.15) is 5.82 Å². The quantitative estimate of drug-likeness (QED) is 0.330. The van der Waals surface area contributed by atoms with E-state index < -0.39 is 35.7 Å². The van der Waals surface area contributed by atoms with Gasteiger partial charge in [-0.1, -0.05) is 18.2 Å². The minimum Gasteiger partial charge on any atom is -0.404 e. The van der Waals surface area contributed by atoms with E-state index in [0.29, 0.717) is 43.1 Å². The van der Waals surface area contributed by atoms with E-state index >= 15 is 0 Å². The summed E-state index contributed by atoms with van der Waals surface area (Å²) in [5.74, 6) is -2.02. The van der Waals surface area contributed by atoms with Crippen molar-refractivity contribution in [3.05, 3.63) is 77.7 Å². The zero-order valence-electron chi connectivity index (χ0n) is 20.4. The molecule has 3 aromatic rings. The van der Waals surface area contributed by atoms with Crippen LogP contribution in [0.4, 0.5) is 23.2 Å². The number of alkyl halides is 3. The molecule has 1 fully saturated rings. The molecule has 0 aliphatic carbocycles. The molecule has 2 aromatic carbocycles. The van der Waals surface area contributed by atoms with Gasteiger partial charge in [-0.3, -0.25) is 19.5 Å². The summed E-state index contributed by atoms with van der Waals surface area (Å²) < 4.78 is 62.3. The maximum atomic E-state index is 14.0. The number of Topliss-reactive ketones (excluding diaryl/α,β-unsaturated/α-hetero) is 1. The molecule has 200 valence electrons. The van der Waals surface area contributed by atoms with Crippen molar-refractivity contribution in [2.24, 2.45) is 0 Å². The Kier molecular flexibility index (Phi) is 8.38. The first-order valence-corrected chi connectivity index (χ1v) is 11.9. The van der Waals surface area contributed by atoms with Gasteiger partial charge in [-0.05, 0) is 48.9 Å². The molecule has 1 saturated heterocycles. The molecule has 38 heavy (non-hydrogen) atoms. The predicted octanol–water partition coefficient (Wildman–Crippen LogP) is 4.87. The molecule has 0 saturated carbocycles. The minimum absolute atomic E-state index is 0.0760. The number of pyridine rings is 1. The number of aromatic nitrogens is 1. The van der Waals surface area contributed by atoms with E-state index in [4.69, 9.17) is 4.74 Å². The number of anilines is 1. The van der Waals surface area contributed by atoms with E-state index in [1.54, 1.807) is 37.3 Å². The third-order valence-corrected chi connectivity index (χ3v) is 6.10. The van der Waals surface area contributed by atoms with Gasteiger partial charge in [0.2, 0.25) is 5.91 Å². The molecular formula is C27H25F4N3O4. The van der Waals surface area contributed by atoms with Crippen molar-refractivity contribution in [1.82, 2.24) is 9.88 Å². The van der Waals surface area contributed by atoms with Crippen molar-refractivity contribution in [3.8, 4) is 17.0 Å². The number of halogens is 4. The molecular weight excluding hydrogens is 506 g/mol. The molecule has 1 aliphatic rings. The fourth-order valence-corrected chi connectivity index (χ4v) is 4.03. The number of amides is 1. The maximum Gasteiger partial charge on any atom is 0.573 e. The Morgan fingerprint density at radius 2 is 1.84 bits per heavy atom. The van der Waals surface area contributed by atoms with Crippen molar-refractivity contribution in [3.63, 3.8) is 0 Å². The normalized spacial score (nSPS) is 15.1. The highest BCUT2D eigenvalue weighted by Gasteiger charge is 2.33. The minimum atomic E-state index is -4.99. The lowest BCUT2D eigenvalue weighted by molar-refractivity contribution is -0.274. The van der Waals surface area contributed by atoms with Gasteiger partial charge in [-0.25, -0.2) is 4.39 Å². The molecule has 2 heterocycles. The highest BCUT2D eigenvalue weighted by atomic mass is 19.4. The molecule has 1 atom stereocenters. The average molecular weight is 532 g/mol. The number of carbonyl (C=O) groups is 2. The van der Waals surface area contributed by atoms with Crippen LogP contribution in [-0.4, -0.2) is 60.3 Å². The highest BCUT2D eigenvalue weighted by Crippen LogP contribution is 2.32. The molecule has 1 aliphatic heterocycles. The summed E-state index contributed by atoms with van der Waals surface area (Å²) in [7, 11) is 0. The molecule has 1 amide bonds. The summed E-state index contributed by atoms with van der Waals surface area (Å²) in [6.45, 7) is 3.53. The van der Waals surface area contributed by atoms with Crippen molar-refractivity contribution in [2.75, 3.05) is 31.6 Å². The fourth-order valence-electron chi connectivity index (χ4n) is 4.03. The number of nitrogens with zero attached hydrogens (tertiary/aromatic N) is 2.